The molecule has 1 aliphatic rings. The maximum Gasteiger partial charge on any atom is 0.221 e. The second-order valence-electron chi connectivity index (χ2n) is 4.54. The fourth-order valence-corrected chi connectivity index (χ4v) is 2.39. The molecule has 0 aromatic rings. The molecule has 0 aliphatic carbocycles. The van der Waals surface area contributed by atoms with E-state index in [1.807, 2.05) is 6.92 Å². The van der Waals surface area contributed by atoms with Crippen LogP contribution in [0.25, 0.3) is 0 Å². The lowest BCUT2D eigenvalue weighted by molar-refractivity contribution is -0.121. The largest absolute Gasteiger partial charge is 0.380 e. The van der Waals surface area contributed by atoms with Crippen molar-refractivity contribution < 1.29 is 9.53 Å². The molecule has 1 fully saturated rings. The maximum absolute atomic E-state index is 11.6. The highest BCUT2D eigenvalue weighted by Gasteiger charge is 2.22. The van der Waals surface area contributed by atoms with Crippen LogP contribution in [0.5, 0.6) is 0 Å². The highest BCUT2D eigenvalue weighted by Crippen LogP contribution is 2.19. The van der Waals surface area contributed by atoms with Gasteiger partial charge < -0.3 is 10.1 Å². The number of nitrogens with one attached hydrogen (secondary N) is 1. The fraction of sp³-hybridized carbons (Fsp3) is 0.923. The first-order valence-corrected chi connectivity index (χ1v) is 6.86. The summed E-state index contributed by atoms with van der Waals surface area (Å²) in [4.78, 5) is 14.0. The summed E-state index contributed by atoms with van der Waals surface area (Å²) in [7, 11) is 0. The molecule has 0 spiro atoms. The van der Waals surface area contributed by atoms with Crippen LogP contribution in [0, 0.1) is 0 Å². The summed E-state index contributed by atoms with van der Waals surface area (Å²) in [5.74, 6) is 0.145. The molecule has 1 rings (SSSR count). The molecule has 0 bridgehead atoms. The number of ether oxygens (including phenoxy) is 1. The molecule has 0 aromatic heterocycles. The number of rotatable bonds is 8. The van der Waals surface area contributed by atoms with Gasteiger partial charge in [-0.3, -0.25) is 9.69 Å². The summed E-state index contributed by atoms with van der Waals surface area (Å²) in [6.45, 7) is 8.20. The van der Waals surface area contributed by atoms with E-state index in [1.54, 1.807) is 0 Å². The second kappa shape index (κ2) is 8.48. The Bertz CT molecular complexity index is 221. The molecule has 1 atom stereocenters. The van der Waals surface area contributed by atoms with Crippen molar-refractivity contribution in [2.75, 3.05) is 32.8 Å². The molecule has 1 amide bonds. The lowest BCUT2D eigenvalue weighted by atomic mass is 10.1. The van der Waals surface area contributed by atoms with Gasteiger partial charge in [0.05, 0.1) is 6.61 Å². The van der Waals surface area contributed by atoms with E-state index in [0.717, 1.165) is 13.1 Å². The van der Waals surface area contributed by atoms with Crippen LogP contribution in [0.2, 0.25) is 0 Å². The summed E-state index contributed by atoms with van der Waals surface area (Å²) in [6, 6.07) is 0.700. The highest BCUT2D eigenvalue weighted by molar-refractivity contribution is 5.76. The average Bonchev–Trinajstić information content (AvgIpc) is 2.79. The molecule has 1 saturated heterocycles. The topological polar surface area (TPSA) is 41.6 Å². The normalized spacial score (nSPS) is 20.7. The minimum Gasteiger partial charge on any atom is -0.380 e. The zero-order valence-corrected chi connectivity index (χ0v) is 11.2. The Kier molecular flexibility index (Phi) is 7.21. The van der Waals surface area contributed by atoms with Gasteiger partial charge in [0.25, 0.3) is 0 Å². The molecule has 0 unspecified atom stereocenters. The molecule has 17 heavy (non-hydrogen) atoms. The number of hydrogen-bond acceptors (Lipinski definition) is 3. The third-order valence-corrected chi connectivity index (χ3v) is 3.37. The standard InChI is InChI=1S/C13H26N2O2/c1-3-12-6-5-9-15(12)10-7-13(16)14-8-11-17-4-2/h12H,3-11H2,1-2H3,(H,14,16)/t12-/m1/s1. The fourth-order valence-electron chi connectivity index (χ4n) is 2.39. The van der Waals surface area contributed by atoms with Crippen LogP contribution in [0.4, 0.5) is 0 Å². The Morgan fingerprint density at radius 3 is 3.00 bits per heavy atom. The third-order valence-electron chi connectivity index (χ3n) is 3.37. The molecule has 1 N–H and O–H groups in total. The van der Waals surface area contributed by atoms with Gasteiger partial charge in [0.2, 0.25) is 5.91 Å². The molecule has 0 radical (unpaired) electrons. The van der Waals surface area contributed by atoms with Crippen molar-refractivity contribution in [2.45, 2.75) is 45.6 Å². The SMILES string of the molecule is CCOCCNC(=O)CCN1CCC[C@H]1CC. The van der Waals surface area contributed by atoms with E-state index >= 15 is 0 Å². The first-order chi connectivity index (χ1) is 8.27. The number of carbonyl (C=O) groups is 1. The Morgan fingerprint density at radius 1 is 1.47 bits per heavy atom. The zero-order valence-electron chi connectivity index (χ0n) is 11.2. The van der Waals surface area contributed by atoms with Gasteiger partial charge in [0.1, 0.15) is 0 Å². The summed E-state index contributed by atoms with van der Waals surface area (Å²) in [5.41, 5.74) is 0. The lowest BCUT2D eigenvalue weighted by Crippen LogP contribution is -2.34. The van der Waals surface area contributed by atoms with Gasteiger partial charge in [-0.15, -0.1) is 0 Å². The summed E-state index contributed by atoms with van der Waals surface area (Å²) >= 11 is 0. The molecule has 1 aliphatic heterocycles. The lowest BCUT2D eigenvalue weighted by Gasteiger charge is -2.22. The highest BCUT2D eigenvalue weighted by atomic mass is 16.5. The smallest absolute Gasteiger partial charge is 0.221 e. The van der Waals surface area contributed by atoms with Crippen LogP contribution in [0.1, 0.15) is 39.5 Å². The van der Waals surface area contributed by atoms with E-state index in [-0.39, 0.29) is 5.91 Å². The molecule has 4 nitrogen and oxygen atoms in total. The Labute approximate surface area is 105 Å². The van der Waals surface area contributed by atoms with Crippen LogP contribution in [0.3, 0.4) is 0 Å². The van der Waals surface area contributed by atoms with Crippen LogP contribution >= 0.6 is 0 Å². The monoisotopic (exact) mass is 242 g/mol. The maximum atomic E-state index is 11.6. The van der Waals surface area contributed by atoms with Gasteiger partial charge in [-0.05, 0) is 32.7 Å². The van der Waals surface area contributed by atoms with Gasteiger partial charge in [-0.2, -0.15) is 0 Å². The molecule has 0 aromatic carbocycles. The van der Waals surface area contributed by atoms with E-state index in [9.17, 15) is 4.79 Å². The predicted octanol–water partition coefficient (Wildman–Crippen LogP) is 1.40. The Morgan fingerprint density at radius 2 is 2.29 bits per heavy atom. The first kappa shape index (κ1) is 14.5. The third kappa shape index (κ3) is 5.50. The summed E-state index contributed by atoms with van der Waals surface area (Å²) in [5, 5.41) is 2.88. The van der Waals surface area contributed by atoms with E-state index < -0.39 is 0 Å². The van der Waals surface area contributed by atoms with Gasteiger partial charge in [-0.1, -0.05) is 6.92 Å². The van der Waals surface area contributed by atoms with E-state index in [1.165, 1.54) is 19.3 Å². The van der Waals surface area contributed by atoms with E-state index in [0.29, 0.717) is 32.2 Å². The van der Waals surface area contributed by atoms with Gasteiger partial charge in [-0.25, -0.2) is 0 Å². The van der Waals surface area contributed by atoms with Crippen molar-refractivity contribution in [1.29, 1.82) is 0 Å². The molecule has 0 saturated carbocycles. The van der Waals surface area contributed by atoms with Crippen LogP contribution in [0.15, 0.2) is 0 Å². The minimum absolute atomic E-state index is 0.145. The summed E-state index contributed by atoms with van der Waals surface area (Å²) in [6.07, 6.45) is 4.39. The number of nitrogens with zero attached hydrogens (tertiary/aromatic N) is 1. The van der Waals surface area contributed by atoms with Gasteiger partial charge in [0, 0.05) is 32.2 Å². The zero-order chi connectivity index (χ0) is 12.5. The number of hydrogen-bond donors (Lipinski definition) is 1. The van der Waals surface area contributed by atoms with Crippen molar-refractivity contribution in [3.63, 3.8) is 0 Å². The van der Waals surface area contributed by atoms with Gasteiger partial charge in [0.15, 0.2) is 0 Å². The van der Waals surface area contributed by atoms with E-state index in [2.05, 4.69) is 17.1 Å². The van der Waals surface area contributed by atoms with Crippen molar-refractivity contribution >= 4 is 5.91 Å². The van der Waals surface area contributed by atoms with Crippen LogP contribution in [-0.2, 0) is 9.53 Å². The van der Waals surface area contributed by atoms with Crippen LogP contribution < -0.4 is 5.32 Å². The quantitative estimate of drug-likeness (QED) is 0.654. The Balaban J connectivity index is 2.06. The van der Waals surface area contributed by atoms with Crippen molar-refractivity contribution in [2.24, 2.45) is 0 Å². The molecular formula is C13H26N2O2. The first-order valence-electron chi connectivity index (χ1n) is 6.86. The number of likely N-dealkylation sites (tertiary alicyclic amines) is 1. The molecule has 4 heteroatoms. The number of amides is 1. The molecular weight excluding hydrogens is 216 g/mol. The van der Waals surface area contributed by atoms with Gasteiger partial charge >= 0.3 is 0 Å². The molecule has 1 heterocycles. The van der Waals surface area contributed by atoms with E-state index in [4.69, 9.17) is 4.74 Å². The number of carbonyl (C=O) groups excluding carboxylic acids is 1. The van der Waals surface area contributed by atoms with Crippen molar-refractivity contribution in [3.8, 4) is 0 Å². The van der Waals surface area contributed by atoms with Crippen molar-refractivity contribution in [3.05, 3.63) is 0 Å². The average molecular weight is 242 g/mol. The predicted molar refractivity (Wildman–Crippen MR) is 69.0 cm³/mol. The minimum atomic E-state index is 0.145. The molecule has 100 valence electrons. The second-order valence-corrected chi connectivity index (χ2v) is 4.54. The van der Waals surface area contributed by atoms with Crippen molar-refractivity contribution in [1.82, 2.24) is 10.2 Å². The Hall–Kier alpha value is -0.610. The van der Waals surface area contributed by atoms with Crippen LogP contribution in [-0.4, -0.2) is 49.7 Å². The summed E-state index contributed by atoms with van der Waals surface area (Å²) < 4.78 is 5.17.